The molecule has 0 amide bonds. The highest BCUT2D eigenvalue weighted by molar-refractivity contribution is 9.11. The van der Waals surface area contributed by atoms with Gasteiger partial charge in [0.25, 0.3) is 0 Å². The molecule has 3 aromatic rings. The first-order valence-corrected chi connectivity index (χ1v) is 10.4. The van der Waals surface area contributed by atoms with Crippen LogP contribution < -0.4 is 4.72 Å². The van der Waals surface area contributed by atoms with Crippen LogP contribution >= 0.6 is 31.9 Å². The van der Waals surface area contributed by atoms with E-state index in [0.717, 1.165) is 11.1 Å². The lowest BCUT2D eigenvalue weighted by Crippen LogP contribution is -2.23. The minimum atomic E-state index is -3.63. The fourth-order valence-corrected chi connectivity index (χ4v) is 4.80. The van der Waals surface area contributed by atoms with E-state index in [1.165, 1.54) is 6.33 Å². The van der Waals surface area contributed by atoms with Gasteiger partial charge < -0.3 is 0 Å². The molecule has 1 heterocycles. The molecule has 0 bridgehead atoms. The van der Waals surface area contributed by atoms with Crippen molar-refractivity contribution < 1.29 is 8.42 Å². The van der Waals surface area contributed by atoms with Gasteiger partial charge in [0.05, 0.1) is 11.4 Å². The third-order valence-electron chi connectivity index (χ3n) is 3.45. The van der Waals surface area contributed by atoms with Gasteiger partial charge in [0, 0.05) is 15.5 Å². The number of sulfonamides is 1. The molecule has 1 aromatic heterocycles. The number of benzene rings is 2. The van der Waals surface area contributed by atoms with E-state index in [0.29, 0.717) is 15.5 Å². The molecule has 130 valence electrons. The molecular formula is C16H14Br2N4O2S. The van der Waals surface area contributed by atoms with Gasteiger partial charge in [-0.1, -0.05) is 40.2 Å². The molecule has 6 nitrogen and oxygen atoms in total. The van der Waals surface area contributed by atoms with Crippen LogP contribution in [-0.4, -0.2) is 23.2 Å². The van der Waals surface area contributed by atoms with Crippen LogP contribution in [0, 0.1) is 0 Å². The molecule has 25 heavy (non-hydrogen) atoms. The van der Waals surface area contributed by atoms with Gasteiger partial charge in [0.2, 0.25) is 10.0 Å². The SMILES string of the molecule is O=S(=O)(NCc1cccc(Cn2cncn2)c1)c1cc(Br)ccc1Br. The molecule has 0 radical (unpaired) electrons. The maximum absolute atomic E-state index is 12.5. The summed E-state index contributed by atoms with van der Waals surface area (Å²) >= 11 is 6.58. The lowest BCUT2D eigenvalue weighted by Gasteiger charge is -2.10. The van der Waals surface area contributed by atoms with Crippen LogP contribution in [0.25, 0.3) is 0 Å². The summed E-state index contributed by atoms with van der Waals surface area (Å²) in [6, 6.07) is 12.7. The third kappa shape index (κ3) is 4.75. The third-order valence-corrected chi connectivity index (χ3v) is 6.34. The van der Waals surface area contributed by atoms with E-state index in [9.17, 15) is 8.42 Å². The second-order valence-electron chi connectivity index (χ2n) is 5.31. The van der Waals surface area contributed by atoms with Crippen LogP contribution in [0.1, 0.15) is 11.1 Å². The van der Waals surface area contributed by atoms with Gasteiger partial charge in [-0.2, -0.15) is 5.10 Å². The zero-order valence-corrected chi connectivity index (χ0v) is 16.9. The fraction of sp³-hybridized carbons (Fsp3) is 0.125. The molecule has 2 aromatic carbocycles. The standard InChI is InChI=1S/C16H14Br2N4O2S/c17-14-4-5-15(18)16(7-14)25(23,24)21-8-12-2-1-3-13(6-12)9-22-11-19-10-20-22/h1-7,10-11,21H,8-9H2. The molecule has 0 spiro atoms. The lowest BCUT2D eigenvalue weighted by molar-refractivity contribution is 0.580. The zero-order valence-electron chi connectivity index (χ0n) is 12.9. The summed E-state index contributed by atoms with van der Waals surface area (Å²) in [5.41, 5.74) is 1.89. The second kappa shape index (κ2) is 7.77. The maximum Gasteiger partial charge on any atom is 0.242 e. The number of nitrogens with one attached hydrogen (secondary N) is 1. The van der Waals surface area contributed by atoms with Gasteiger partial charge in [-0.05, 0) is 45.3 Å². The molecule has 0 saturated carbocycles. The highest BCUT2D eigenvalue weighted by Crippen LogP contribution is 2.25. The molecule has 3 rings (SSSR count). The minimum absolute atomic E-state index is 0.195. The summed E-state index contributed by atoms with van der Waals surface area (Å²) < 4.78 is 30.6. The van der Waals surface area contributed by atoms with Crippen LogP contribution in [0.3, 0.4) is 0 Å². The Kier molecular flexibility index (Phi) is 5.67. The van der Waals surface area contributed by atoms with Gasteiger partial charge >= 0.3 is 0 Å². The van der Waals surface area contributed by atoms with Crippen molar-refractivity contribution in [3.63, 3.8) is 0 Å². The van der Waals surface area contributed by atoms with Crippen LogP contribution in [0.4, 0.5) is 0 Å². The van der Waals surface area contributed by atoms with Crippen LogP contribution in [0.5, 0.6) is 0 Å². The highest BCUT2D eigenvalue weighted by Gasteiger charge is 2.17. The summed E-state index contributed by atoms with van der Waals surface area (Å²) in [4.78, 5) is 4.11. The highest BCUT2D eigenvalue weighted by atomic mass is 79.9. The van der Waals surface area contributed by atoms with Gasteiger partial charge in [0.15, 0.2) is 0 Å². The van der Waals surface area contributed by atoms with Gasteiger partial charge in [-0.15, -0.1) is 0 Å². The molecule has 0 aliphatic carbocycles. The summed E-state index contributed by atoms with van der Waals surface area (Å²) in [5, 5.41) is 4.07. The molecule has 0 saturated heterocycles. The van der Waals surface area contributed by atoms with Crippen molar-refractivity contribution in [2.45, 2.75) is 18.0 Å². The molecular weight excluding hydrogens is 472 g/mol. The van der Waals surface area contributed by atoms with Crippen molar-refractivity contribution in [1.29, 1.82) is 0 Å². The molecule has 0 atom stereocenters. The summed E-state index contributed by atoms with van der Waals surface area (Å²) in [6.07, 6.45) is 3.12. The Hall–Kier alpha value is -1.55. The van der Waals surface area contributed by atoms with Crippen molar-refractivity contribution in [2.24, 2.45) is 0 Å². The summed E-state index contributed by atoms with van der Waals surface area (Å²) in [6.45, 7) is 0.782. The summed E-state index contributed by atoms with van der Waals surface area (Å²) in [5.74, 6) is 0. The normalized spacial score (nSPS) is 11.6. The number of aromatic nitrogens is 3. The van der Waals surface area contributed by atoms with E-state index in [2.05, 4.69) is 46.7 Å². The average Bonchev–Trinajstić information content (AvgIpc) is 3.08. The van der Waals surface area contributed by atoms with Gasteiger partial charge in [-0.25, -0.2) is 22.8 Å². The Balaban J connectivity index is 1.73. The molecule has 0 fully saturated rings. The van der Waals surface area contributed by atoms with Crippen LogP contribution in [0.15, 0.2) is 69.0 Å². The maximum atomic E-state index is 12.5. The van der Waals surface area contributed by atoms with E-state index in [1.807, 2.05) is 24.3 Å². The molecule has 0 unspecified atom stereocenters. The van der Waals surface area contributed by atoms with Crippen molar-refractivity contribution in [2.75, 3.05) is 0 Å². The molecule has 0 aliphatic rings. The van der Waals surface area contributed by atoms with Crippen LogP contribution in [0.2, 0.25) is 0 Å². The van der Waals surface area contributed by atoms with Crippen molar-refractivity contribution >= 4 is 41.9 Å². The van der Waals surface area contributed by atoms with Gasteiger partial charge in [0.1, 0.15) is 12.7 Å². The number of halogens is 2. The number of hydrogen-bond donors (Lipinski definition) is 1. The van der Waals surface area contributed by atoms with E-state index in [-0.39, 0.29) is 11.4 Å². The number of nitrogens with zero attached hydrogens (tertiary/aromatic N) is 3. The van der Waals surface area contributed by atoms with Crippen LogP contribution in [-0.2, 0) is 23.1 Å². The molecule has 0 aliphatic heterocycles. The van der Waals surface area contributed by atoms with Crippen molar-refractivity contribution in [1.82, 2.24) is 19.5 Å². The Morgan fingerprint density at radius 2 is 1.88 bits per heavy atom. The van der Waals surface area contributed by atoms with E-state index >= 15 is 0 Å². The van der Waals surface area contributed by atoms with E-state index < -0.39 is 10.0 Å². The quantitative estimate of drug-likeness (QED) is 0.580. The topological polar surface area (TPSA) is 76.9 Å². The lowest BCUT2D eigenvalue weighted by atomic mass is 10.1. The Labute approximate surface area is 162 Å². The van der Waals surface area contributed by atoms with Crippen molar-refractivity contribution in [3.8, 4) is 0 Å². The zero-order chi connectivity index (χ0) is 17.9. The monoisotopic (exact) mass is 484 g/mol. The number of rotatable bonds is 6. The number of hydrogen-bond acceptors (Lipinski definition) is 4. The molecule has 9 heteroatoms. The van der Waals surface area contributed by atoms with Crippen molar-refractivity contribution in [3.05, 3.63) is 75.2 Å². The first-order valence-electron chi connectivity index (χ1n) is 7.29. The van der Waals surface area contributed by atoms with E-state index in [1.54, 1.807) is 29.2 Å². The first-order chi connectivity index (χ1) is 11.9. The minimum Gasteiger partial charge on any atom is -0.249 e. The Bertz CT molecular complexity index is 976. The predicted octanol–water partition coefficient (Wildman–Crippen LogP) is 3.33. The Morgan fingerprint density at radius 1 is 1.08 bits per heavy atom. The smallest absolute Gasteiger partial charge is 0.242 e. The fourth-order valence-electron chi connectivity index (χ4n) is 2.28. The average molecular weight is 486 g/mol. The largest absolute Gasteiger partial charge is 0.249 e. The molecule has 1 N–H and O–H groups in total. The predicted molar refractivity (Wildman–Crippen MR) is 101 cm³/mol. The second-order valence-corrected chi connectivity index (χ2v) is 8.82. The summed E-state index contributed by atoms with van der Waals surface area (Å²) in [7, 11) is -3.63. The van der Waals surface area contributed by atoms with Gasteiger partial charge in [-0.3, -0.25) is 0 Å². The van der Waals surface area contributed by atoms with E-state index in [4.69, 9.17) is 0 Å². The Morgan fingerprint density at radius 3 is 2.64 bits per heavy atom. The first kappa shape index (κ1) is 18.2.